The van der Waals surface area contributed by atoms with Crippen molar-refractivity contribution in [3.05, 3.63) is 12.2 Å². The molecule has 0 atom stereocenters. The zero-order valence-corrected chi connectivity index (χ0v) is 9.87. The van der Waals surface area contributed by atoms with Crippen LogP contribution in [0.15, 0.2) is 12.2 Å². The second kappa shape index (κ2) is 9.68. The largest absolute Gasteiger partial charge is 0.478 e. The number of hydrogen-bond donors (Lipinski definition) is 2. The van der Waals surface area contributed by atoms with E-state index in [0.29, 0.717) is 12.2 Å². The maximum atomic E-state index is 9.55. The Kier molecular flexibility index (Phi) is 16.4. The van der Waals surface area contributed by atoms with Crippen molar-refractivity contribution >= 4 is 71.1 Å². The number of rotatable bonds is 2. The molecule has 0 aliphatic carbocycles. The summed E-state index contributed by atoms with van der Waals surface area (Å²) < 4.78 is 0. The Morgan fingerprint density at radius 1 is 0.900 bits per heavy atom. The first-order valence-corrected chi connectivity index (χ1v) is 1.77. The molecule has 0 saturated carbocycles. The molecule has 0 unspecified atom stereocenters. The summed E-state index contributed by atoms with van der Waals surface area (Å²) in [5, 5.41) is 15.6. The van der Waals surface area contributed by atoms with E-state index in [9.17, 15) is 9.59 Å². The molecular formula is C4H4Na2O4. The molecule has 10 heavy (non-hydrogen) atoms. The normalized spacial score (nSPS) is 7.60. The minimum atomic E-state index is -1.26. The van der Waals surface area contributed by atoms with Crippen molar-refractivity contribution < 1.29 is 19.8 Å². The fourth-order valence-electron chi connectivity index (χ4n) is 0.143. The zero-order valence-electron chi connectivity index (χ0n) is 5.87. The fraction of sp³-hybridized carbons (Fsp3) is 0. The van der Waals surface area contributed by atoms with Crippen LogP contribution in [0, 0.1) is 0 Å². The van der Waals surface area contributed by atoms with Gasteiger partial charge in [0.1, 0.15) is 0 Å². The van der Waals surface area contributed by atoms with E-state index in [4.69, 9.17) is 10.2 Å². The molecule has 0 saturated heterocycles. The summed E-state index contributed by atoms with van der Waals surface area (Å²) in [4.78, 5) is 19.1. The Balaban J connectivity index is -0.000000245. The second-order valence-corrected chi connectivity index (χ2v) is 1.01. The number of hydrogen-bond acceptors (Lipinski definition) is 2. The first kappa shape index (κ1) is 17.0. The Morgan fingerprint density at radius 3 is 1.20 bits per heavy atom. The molecular weight excluding hydrogens is 160 g/mol. The van der Waals surface area contributed by atoms with Crippen molar-refractivity contribution in [1.82, 2.24) is 0 Å². The van der Waals surface area contributed by atoms with Crippen molar-refractivity contribution in [2.75, 3.05) is 0 Å². The van der Waals surface area contributed by atoms with Crippen LogP contribution in [0.2, 0.25) is 0 Å². The average Bonchev–Trinajstić information content (AvgIpc) is 1.61. The van der Waals surface area contributed by atoms with Crippen molar-refractivity contribution in [2.45, 2.75) is 0 Å². The van der Waals surface area contributed by atoms with Crippen molar-refractivity contribution in [3.63, 3.8) is 0 Å². The molecule has 0 fully saturated rings. The van der Waals surface area contributed by atoms with Gasteiger partial charge < -0.3 is 10.2 Å². The quantitative estimate of drug-likeness (QED) is 0.310. The molecule has 0 amide bonds. The van der Waals surface area contributed by atoms with Crippen LogP contribution < -0.4 is 0 Å². The standard InChI is InChI=1S/C4H4O4.2Na/c5-3(6)1-2-4(7)8;;/h1-2H,(H,5,6)(H,7,8);;/i1+1,2+1;;. The molecule has 4 nitrogen and oxygen atoms in total. The van der Waals surface area contributed by atoms with Crippen molar-refractivity contribution in [1.29, 1.82) is 0 Å². The Bertz CT molecular complexity index is 126. The van der Waals surface area contributed by atoms with Crippen LogP contribution in [-0.2, 0) is 9.59 Å². The van der Waals surface area contributed by atoms with Crippen LogP contribution in [0.1, 0.15) is 0 Å². The van der Waals surface area contributed by atoms with Gasteiger partial charge in [0.2, 0.25) is 0 Å². The first-order chi connectivity index (χ1) is 3.63. The fourth-order valence-corrected chi connectivity index (χ4v) is 0.143. The van der Waals surface area contributed by atoms with Gasteiger partial charge >= 0.3 is 11.9 Å². The number of carbonyl (C=O) groups is 2. The molecule has 0 bridgehead atoms. The minimum absolute atomic E-state index is 0. The van der Waals surface area contributed by atoms with Gasteiger partial charge in [0.25, 0.3) is 0 Å². The van der Waals surface area contributed by atoms with Crippen LogP contribution in [0.3, 0.4) is 0 Å². The summed E-state index contributed by atoms with van der Waals surface area (Å²) in [6, 6.07) is 0. The third-order valence-electron chi connectivity index (χ3n) is 0.368. The van der Waals surface area contributed by atoms with Gasteiger partial charge in [0, 0.05) is 71.3 Å². The van der Waals surface area contributed by atoms with Gasteiger partial charge in [-0.3, -0.25) is 0 Å². The van der Waals surface area contributed by atoms with Gasteiger partial charge in [0.15, 0.2) is 0 Å². The molecule has 0 aliphatic rings. The van der Waals surface area contributed by atoms with E-state index in [2.05, 4.69) is 0 Å². The summed E-state index contributed by atoms with van der Waals surface area (Å²) in [5.41, 5.74) is 0. The molecule has 0 aromatic carbocycles. The summed E-state index contributed by atoms with van der Waals surface area (Å²) in [6.07, 6.45) is 1.12. The maximum Gasteiger partial charge on any atom is 0.328 e. The zero-order chi connectivity index (χ0) is 6.57. The molecule has 6 heteroatoms. The third kappa shape index (κ3) is 15.9. The number of aliphatic carboxylic acids is 2. The molecule has 0 aliphatic heterocycles. The van der Waals surface area contributed by atoms with Crippen LogP contribution in [0.4, 0.5) is 0 Å². The van der Waals surface area contributed by atoms with Gasteiger partial charge in [-0.2, -0.15) is 0 Å². The van der Waals surface area contributed by atoms with Gasteiger partial charge in [-0.15, -0.1) is 0 Å². The average molecular weight is 164 g/mol. The molecule has 0 rings (SSSR count). The van der Waals surface area contributed by atoms with Gasteiger partial charge in [-0.25, -0.2) is 9.59 Å². The Labute approximate surface area is 102 Å². The van der Waals surface area contributed by atoms with Crippen molar-refractivity contribution in [2.24, 2.45) is 0 Å². The molecule has 0 heterocycles. The Hall–Kier alpha value is 0.680. The van der Waals surface area contributed by atoms with E-state index >= 15 is 0 Å². The van der Waals surface area contributed by atoms with E-state index < -0.39 is 11.9 Å². The molecule has 0 aromatic rings. The Morgan fingerprint density at radius 2 is 1.10 bits per heavy atom. The monoisotopic (exact) mass is 164 g/mol. The van der Waals surface area contributed by atoms with Crippen LogP contribution in [0.25, 0.3) is 0 Å². The summed E-state index contributed by atoms with van der Waals surface area (Å²) in [7, 11) is 0. The van der Waals surface area contributed by atoms with E-state index in [-0.39, 0.29) is 59.1 Å². The molecule has 0 spiro atoms. The summed E-state index contributed by atoms with van der Waals surface area (Å²) in [6.45, 7) is 0. The first-order valence-electron chi connectivity index (χ1n) is 1.77. The third-order valence-corrected chi connectivity index (χ3v) is 0.368. The predicted molar refractivity (Wildman–Crippen MR) is 35.9 cm³/mol. The summed E-state index contributed by atoms with van der Waals surface area (Å²) >= 11 is 0. The molecule has 2 radical (unpaired) electrons. The smallest absolute Gasteiger partial charge is 0.328 e. The number of carboxylic acid groups (broad SMARTS) is 2. The van der Waals surface area contributed by atoms with Crippen LogP contribution >= 0.6 is 0 Å². The summed E-state index contributed by atoms with van der Waals surface area (Å²) in [5.74, 6) is -2.51. The van der Waals surface area contributed by atoms with Gasteiger partial charge in [-0.1, -0.05) is 0 Å². The second-order valence-electron chi connectivity index (χ2n) is 1.01. The van der Waals surface area contributed by atoms with Crippen molar-refractivity contribution in [3.8, 4) is 0 Å². The SMILES string of the molecule is O=C(O)[13CH]=[13CH]C(=O)O.[Na].[Na]. The van der Waals surface area contributed by atoms with Gasteiger partial charge in [0.05, 0.1) is 0 Å². The molecule has 2 N–H and O–H groups in total. The predicted octanol–water partition coefficient (Wildman–Crippen LogP) is -1.05. The van der Waals surface area contributed by atoms with E-state index in [1.807, 2.05) is 0 Å². The van der Waals surface area contributed by atoms with E-state index in [1.165, 1.54) is 0 Å². The van der Waals surface area contributed by atoms with E-state index in [0.717, 1.165) is 0 Å². The molecule has 46 valence electrons. The maximum absolute atomic E-state index is 9.55. The van der Waals surface area contributed by atoms with Gasteiger partial charge in [-0.05, 0) is 0 Å². The van der Waals surface area contributed by atoms with Crippen LogP contribution in [0.5, 0.6) is 0 Å². The van der Waals surface area contributed by atoms with E-state index in [1.54, 1.807) is 0 Å². The molecule has 0 aromatic heterocycles. The van der Waals surface area contributed by atoms with Crippen LogP contribution in [-0.4, -0.2) is 81.3 Å². The topological polar surface area (TPSA) is 74.6 Å². The number of carboxylic acids is 2. The minimum Gasteiger partial charge on any atom is -0.478 e.